The van der Waals surface area contributed by atoms with E-state index in [0.717, 1.165) is 17.7 Å². The highest BCUT2D eigenvalue weighted by Gasteiger charge is 2.08. The molecule has 0 spiro atoms. The van der Waals surface area contributed by atoms with Crippen LogP contribution in [0.5, 0.6) is 5.75 Å². The van der Waals surface area contributed by atoms with Crippen molar-refractivity contribution in [2.24, 2.45) is 0 Å². The Labute approximate surface area is 118 Å². The van der Waals surface area contributed by atoms with Gasteiger partial charge in [-0.05, 0) is 29.8 Å². The number of nitrogens with zero attached hydrogens (tertiary/aromatic N) is 1. The van der Waals surface area contributed by atoms with Crippen LogP contribution in [0.25, 0.3) is 11.1 Å². The Morgan fingerprint density at radius 3 is 2.75 bits per heavy atom. The Bertz CT molecular complexity index is 584. The van der Waals surface area contributed by atoms with E-state index in [9.17, 15) is 4.39 Å². The van der Waals surface area contributed by atoms with Gasteiger partial charge in [-0.15, -0.1) is 0 Å². The first-order chi connectivity index (χ1) is 9.60. The van der Waals surface area contributed by atoms with Gasteiger partial charge in [0.2, 0.25) is 0 Å². The summed E-state index contributed by atoms with van der Waals surface area (Å²) in [5.41, 5.74) is 2.62. The van der Waals surface area contributed by atoms with Crippen molar-refractivity contribution in [3.63, 3.8) is 0 Å². The lowest BCUT2D eigenvalue weighted by Crippen LogP contribution is -2.21. The number of halogens is 1. The highest BCUT2D eigenvalue weighted by molar-refractivity contribution is 5.70. The number of pyridine rings is 1. The van der Waals surface area contributed by atoms with Gasteiger partial charge in [0.05, 0.1) is 7.11 Å². The first kappa shape index (κ1) is 14.5. The van der Waals surface area contributed by atoms with Crippen LogP contribution in [-0.2, 0) is 6.54 Å². The average Bonchev–Trinajstić information content (AvgIpc) is 2.45. The molecule has 2 aromatic rings. The lowest BCUT2D eigenvalue weighted by molar-refractivity contribution is 0.415. The minimum absolute atomic E-state index is 0.286. The average molecular weight is 274 g/mol. The molecule has 0 bridgehead atoms. The molecular formula is C16H19FN2O. The quantitative estimate of drug-likeness (QED) is 0.907. The van der Waals surface area contributed by atoms with Crippen LogP contribution in [0, 0.1) is 5.82 Å². The Morgan fingerprint density at radius 2 is 2.05 bits per heavy atom. The molecule has 1 aromatic heterocycles. The highest BCUT2D eigenvalue weighted by atomic mass is 19.1. The first-order valence-electron chi connectivity index (χ1n) is 6.61. The molecule has 106 valence electrons. The third-order valence-corrected chi connectivity index (χ3v) is 2.98. The van der Waals surface area contributed by atoms with Crippen LogP contribution >= 0.6 is 0 Å². The number of methoxy groups -OCH3 is 1. The van der Waals surface area contributed by atoms with Crippen molar-refractivity contribution >= 4 is 0 Å². The van der Waals surface area contributed by atoms with Crippen LogP contribution in [-0.4, -0.2) is 18.1 Å². The standard InChI is InChI=1S/C16H19FN2O/c1-11(2)19-9-12-6-13(10-18-8-12)15-7-14(17)4-5-16(15)20-3/h4-8,10-11,19H,9H2,1-3H3. The van der Waals surface area contributed by atoms with Gasteiger partial charge in [-0.2, -0.15) is 0 Å². The number of aromatic nitrogens is 1. The Balaban J connectivity index is 2.33. The number of hydrogen-bond donors (Lipinski definition) is 1. The van der Waals surface area contributed by atoms with Crippen molar-refractivity contribution in [3.05, 3.63) is 48.0 Å². The zero-order valence-electron chi connectivity index (χ0n) is 12.0. The number of rotatable bonds is 5. The molecule has 0 aliphatic heterocycles. The minimum atomic E-state index is -0.286. The molecular weight excluding hydrogens is 255 g/mol. The molecule has 1 N–H and O–H groups in total. The van der Waals surface area contributed by atoms with E-state index in [2.05, 4.69) is 24.1 Å². The maximum atomic E-state index is 13.4. The van der Waals surface area contributed by atoms with Crippen molar-refractivity contribution in [2.75, 3.05) is 7.11 Å². The third kappa shape index (κ3) is 3.54. The molecule has 0 amide bonds. The third-order valence-electron chi connectivity index (χ3n) is 2.98. The molecule has 0 radical (unpaired) electrons. The van der Waals surface area contributed by atoms with Crippen molar-refractivity contribution in [1.29, 1.82) is 0 Å². The van der Waals surface area contributed by atoms with Crippen LogP contribution in [0.3, 0.4) is 0 Å². The first-order valence-corrected chi connectivity index (χ1v) is 6.61. The van der Waals surface area contributed by atoms with E-state index in [1.165, 1.54) is 12.1 Å². The SMILES string of the molecule is COc1ccc(F)cc1-c1cncc(CNC(C)C)c1. The summed E-state index contributed by atoms with van der Waals surface area (Å²) >= 11 is 0. The van der Waals surface area contributed by atoms with Crippen LogP contribution < -0.4 is 10.1 Å². The molecule has 0 saturated heterocycles. The normalized spacial score (nSPS) is 10.8. The largest absolute Gasteiger partial charge is 0.496 e. The minimum Gasteiger partial charge on any atom is -0.496 e. The fourth-order valence-corrected chi connectivity index (χ4v) is 1.96. The smallest absolute Gasteiger partial charge is 0.126 e. The number of benzene rings is 1. The van der Waals surface area contributed by atoms with Gasteiger partial charge in [0.1, 0.15) is 11.6 Å². The van der Waals surface area contributed by atoms with Crippen molar-refractivity contribution < 1.29 is 9.13 Å². The Morgan fingerprint density at radius 1 is 1.25 bits per heavy atom. The van der Waals surface area contributed by atoms with Crippen LogP contribution in [0.4, 0.5) is 4.39 Å². The fraction of sp³-hybridized carbons (Fsp3) is 0.312. The van der Waals surface area contributed by atoms with Gasteiger partial charge in [0.25, 0.3) is 0 Å². The number of hydrogen-bond acceptors (Lipinski definition) is 3. The maximum absolute atomic E-state index is 13.4. The van der Waals surface area contributed by atoms with E-state index in [1.54, 1.807) is 19.4 Å². The molecule has 1 aromatic carbocycles. The molecule has 0 fully saturated rings. The van der Waals surface area contributed by atoms with Gasteiger partial charge >= 0.3 is 0 Å². The van der Waals surface area contributed by atoms with Crippen LogP contribution in [0.1, 0.15) is 19.4 Å². The van der Waals surface area contributed by atoms with E-state index >= 15 is 0 Å². The van der Waals surface area contributed by atoms with Gasteiger partial charge in [-0.25, -0.2) is 4.39 Å². The van der Waals surface area contributed by atoms with Crippen LogP contribution in [0.15, 0.2) is 36.7 Å². The summed E-state index contributed by atoms with van der Waals surface area (Å²) in [7, 11) is 1.58. The summed E-state index contributed by atoms with van der Waals surface area (Å²) in [5.74, 6) is 0.355. The van der Waals surface area contributed by atoms with E-state index in [0.29, 0.717) is 17.4 Å². The topological polar surface area (TPSA) is 34.1 Å². The molecule has 1 heterocycles. The van der Waals surface area contributed by atoms with Gasteiger partial charge in [0.15, 0.2) is 0 Å². The van der Waals surface area contributed by atoms with Gasteiger partial charge in [-0.1, -0.05) is 13.8 Å². The summed E-state index contributed by atoms with van der Waals surface area (Å²) < 4.78 is 18.7. The zero-order chi connectivity index (χ0) is 14.5. The molecule has 3 nitrogen and oxygen atoms in total. The van der Waals surface area contributed by atoms with Gasteiger partial charge in [-0.3, -0.25) is 4.98 Å². The second-order valence-corrected chi connectivity index (χ2v) is 4.96. The summed E-state index contributed by atoms with van der Waals surface area (Å²) in [6.07, 6.45) is 3.53. The molecule has 0 unspecified atom stereocenters. The van der Waals surface area contributed by atoms with E-state index in [1.807, 2.05) is 12.3 Å². The summed E-state index contributed by atoms with van der Waals surface area (Å²) in [6.45, 7) is 4.91. The van der Waals surface area contributed by atoms with E-state index in [4.69, 9.17) is 4.74 Å². The summed E-state index contributed by atoms with van der Waals surface area (Å²) in [6, 6.07) is 6.89. The van der Waals surface area contributed by atoms with Gasteiger partial charge in [0, 0.05) is 36.1 Å². The number of ether oxygens (including phenoxy) is 1. The Kier molecular flexibility index (Phi) is 4.69. The summed E-state index contributed by atoms with van der Waals surface area (Å²) in [4.78, 5) is 4.23. The predicted molar refractivity (Wildman–Crippen MR) is 78.2 cm³/mol. The molecule has 20 heavy (non-hydrogen) atoms. The Hall–Kier alpha value is -1.94. The molecule has 0 atom stereocenters. The fourth-order valence-electron chi connectivity index (χ4n) is 1.96. The predicted octanol–water partition coefficient (Wildman–Crippen LogP) is 3.39. The zero-order valence-corrected chi connectivity index (χ0v) is 12.0. The van der Waals surface area contributed by atoms with E-state index < -0.39 is 0 Å². The summed E-state index contributed by atoms with van der Waals surface area (Å²) in [5, 5.41) is 3.34. The monoisotopic (exact) mass is 274 g/mol. The van der Waals surface area contributed by atoms with Gasteiger partial charge < -0.3 is 10.1 Å². The lowest BCUT2D eigenvalue weighted by atomic mass is 10.0. The second kappa shape index (κ2) is 6.48. The van der Waals surface area contributed by atoms with Crippen molar-refractivity contribution in [1.82, 2.24) is 10.3 Å². The highest BCUT2D eigenvalue weighted by Crippen LogP contribution is 2.30. The van der Waals surface area contributed by atoms with Crippen molar-refractivity contribution in [3.8, 4) is 16.9 Å². The molecule has 4 heteroatoms. The second-order valence-electron chi connectivity index (χ2n) is 4.96. The molecule has 0 aliphatic rings. The molecule has 2 rings (SSSR count). The van der Waals surface area contributed by atoms with E-state index in [-0.39, 0.29) is 5.82 Å². The van der Waals surface area contributed by atoms with Crippen molar-refractivity contribution in [2.45, 2.75) is 26.4 Å². The maximum Gasteiger partial charge on any atom is 0.126 e. The number of nitrogens with one attached hydrogen (secondary N) is 1. The molecule has 0 saturated carbocycles. The van der Waals surface area contributed by atoms with Crippen LogP contribution in [0.2, 0.25) is 0 Å². The lowest BCUT2D eigenvalue weighted by Gasteiger charge is -2.11. The molecule has 0 aliphatic carbocycles.